The van der Waals surface area contributed by atoms with Crippen molar-refractivity contribution in [3.05, 3.63) is 0 Å². The van der Waals surface area contributed by atoms with Crippen LogP contribution in [-0.4, -0.2) is 47.3 Å². The second-order valence-electron chi connectivity index (χ2n) is 6.72. The van der Waals surface area contributed by atoms with Crippen molar-refractivity contribution in [3.63, 3.8) is 0 Å². The number of likely N-dealkylation sites (tertiary alicyclic amines) is 1. The van der Waals surface area contributed by atoms with Crippen LogP contribution in [0.4, 0.5) is 0 Å². The molecule has 1 heterocycles. The first kappa shape index (κ1) is 17.6. The molecule has 1 aliphatic heterocycles. The van der Waals surface area contributed by atoms with Gasteiger partial charge in [0.05, 0.1) is 10.9 Å². The van der Waals surface area contributed by atoms with Crippen molar-refractivity contribution in [1.29, 1.82) is 0 Å². The lowest BCUT2D eigenvalue weighted by molar-refractivity contribution is -0.139. The molecule has 0 N–H and O–H groups in total. The van der Waals surface area contributed by atoms with E-state index in [1.54, 1.807) is 19.6 Å². The van der Waals surface area contributed by atoms with E-state index in [9.17, 15) is 14.4 Å². The first-order valence-electron chi connectivity index (χ1n) is 8.42. The number of amides is 2. The van der Waals surface area contributed by atoms with E-state index in [-0.39, 0.29) is 28.7 Å². The van der Waals surface area contributed by atoms with Gasteiger partial charge in [-0.05, 0) is 38.0 Å². The summed E-state index contributed by atoms with van der Waals surface area (Å²) >= 11 is 1.63. The molecule has 0 spiro atoms. The molecule has 2 aliphatic rings. The Bertz CT molecular complexity index is 449. The second kappa shape index (κ2) is 7.67. The number of carbonyl (C=O) groups is 3. The minimum Gasteiger partial charge on any atom is -0.312 e. The molecule has 0 bridgehead atoms. The van der Waals surface area contributed by atoms with Crippen LogP contribution in [0.1, 0.15) is 52.4 Å². The van der Waals surface area contributed by atoms with E-state index in [1.807, 2.05) is 0 Å². The van der Waals surface area contributed by atoms with E-state index >= 15 is 0 Å². The van der Waals surface area contributed by atoms with Gasteiger partial charge in [-0.2, -0.15) is 0 Å². The minimum atomic E-state index is -0.184. The van der Waals surface area contributed by atoms with E-state index in [4.69, 9.17) is 0 Å². The summed E-state index contributed by atoms with van der Waals surface area (Å²) in [5.74, 6) is 0.550. The normalized spacial score (nSPS) is 30.6. The van der Waals surface area contributed by atoms with Crippen molar-refractivity contribution in [1.82, 2.24) is 4.90 Å². The number of thioether (sulfide) groups is 1. The molecule has 6 heteroatoms. The highest BCUT2D eigenvalue weighted by Gasteiger charge is 2.40. The predicted molar refractivity (Wildman–Crippen MR) is 91.5 cm³/mol. The van der Waals surface area contributed by atoms with E-state index in [0.717, 1.165) is 32.1 Å². The minimum absolute atomic E-state index is 0.00370. The van der Waals surface area contributed by atoms with Crippen LogP contribution in [0.3, 0.4) is 0 Å². The van der Waals surface area contributed by atoms with Gasteiger partial charge in [0.15, 0.2) is 7.85 Å². The van der Waals surface area contributed by atoms with Crippen molar-refractivity contribution in [3.8, 4) is 0 Å². The molecule has 1 saturated heterocycles. The summed E-state index contributed by atoms with van der Waals surface area (Å²) in [5.41, 5.74) is 0.275. The second-order valence-corrected chi connectivity index (χ2v) is 8.36. The topological polar surface area (TPSA) is 54.5 Å². The number of hydrogen-bond acceptors (Lipinski definition) is 4. The number of hydrogen-bond donors (Lipinski definition) is 0. The van der Waals surface area contributed by atoms with Gasteiger partial charge in [-0.15, -0.1) is 11.8 Å². The molecular formula is C16H26BNO3S. The van der Waals surface area contributed by atoms with Crippen molar-refractivity contribution in [2.24, 2.45) is 11.8 Å². The molecule has 2 fully saturated rings. The van der Waals surface area contributed by atoms with Gasteiger partial charge >= 0.3 is 0 Å². The standard InChI is InChI=1S/C16H26BNO3S/c1-3-10(2)22-13-8-14(19)18(16(13)21)9-11-4-6-12(7-5-11)15(17)20/h10-13H,3-9,17H2,1-2H3. The van der Waals surface area contributed by atoms with Crippen LogP contribution >= 0.6 is 11.8 Å². The number of imide groups is 1. The van der Waals surface area contributed by atoms with Gasteiger partial charge in [-0.3, -0.25) is 14.5 Å². The van der Waals surface area contributed by atoms with Crippen LogP contribution in [0.15, 0.2) is 0 Å². The van der Waals surface area contributed by atoms with Crippen LogP contribution in [0.5, 0.6) is 0 Å². The molecule has 0 aromatic rings. The molecular weight excluding hydrogens is 297 g/mol. The molecule has 0 aromatic heterocycles. The number of nitrogens with zero attached hydrogens (tertiary/aromatic N) is 1. The van der Waals surface area contributed by atoms with Gasteiger partial charge in [-0.25, -0.2) is 0 Å². The molecule has 2 atom stereocenters. The highest BCUT2D eigenvalue weighted by atomic mass is 32.2. The van der Waals surface area contributed by atoms with Crippen LogP contribution in [0, 0.1) is 11.8 Å². The molecule has 4 nitrogen and oxygen atoms in total. The Hall–Kier alpha value is -0.775. The number of rotatable bonds is 6. The maximum atomic E-state index is 12.4. The molecule has 1 saturated carbocycles. The smallest absolute Gasteiger partial charge is 0.242 e. The molecule has 2 rings (SSSR count). The van der Waals surface area contributed by atoms with Crippen molar-refractivity contribution < 1.29 is 14.4 Å². The third-order valence-corrected chi connectivity index (χ3v) is 6.53. The average Bonchev–Trinajstić information content (AvgIpc) is 2.75. The summed E-state index contributed by atoms with van der Waals surface area (Å²) in [4.78, 5) is 37.5. The highest BCUT2D eigenvalue weighted by molar-refractivity contribution is 8.01. The SMILES string of the molecule is BC(=O)C1CCC(CN2C(=O)CC(SC(C)CC)C2=O)CC1. The molecule has 2 unspecified atom stereocenters. The van der Waals surface area contributed by atoms with Crippen LogP contribution in [-0.2, 0) is 14.4 Å². The summed E-state index contributed by atoms with van der Waals surface area (Å²) in [6.07, 6.45) is 5.08. The van der Waals surface area contributed by atoms with Crippen LogP contribution < -0.4 is 0 Å². The monoisotopic (exact) mass is 323 g/mol. The zero-order valence-corrected chi connectivity index (χ0v) is 14.7. The summed E-state index contributed by atoms with van der Waals surface area (Å²) in [5, 5.41) is 0.226. The molecule has 122 valence electrons. The lowest BCUT2D eigenvalue weighted by atomic mass is 9.75. The quantitative estimate of drug-likeness (QED) is 0.550. The fourth-order valence-corrected chi connectivity index (χ4v) is 4.57. The molecule has 0 radical (unpaired) electrons. The Morgan fingerprint density at radius 3 is 2.50 bits per heavy atom. The van der Waals surface area contributed by atoms with Crippen LogP contribution in [0.2, 0.25) is 0 Å². The molecule has 22 heavy (non-hydrogen) atoms. The summed E-state index contributed by atoms with van der Waals surface area (Å²) in [7, 11) is 1.66. The van der Waals surface area contributed by atoms with Crippen molar-refractivity contribution >= 4 is 37.1 Å². The van der Waals surface area contributed by atoms with Crippen LogP contribution in [0.25, 0.3) is 0 Å². The highest BCUT2D eigenvalue weighted by Crippen LogP contribution is 2.33. The largest absolute Gasteiger partial charge is 0.312 e. The fraction of sp³-hybridized carbons (Fsp3) is 0.812. The Morgan fingerprint density at radius 2 is 1.95 bits per heavy atom. The van der Waals surface area contributed by atoms with Crippen molar-refractivity contribution in [2.75, 3.05) is 6.54 Å². The first-order valence-corrected chi connectivity index (χ1v) is 9.36. The van der Waals surface area contributed by atoms with Gasteiger partial charge in [0.2, 0.25) is 11.8 Å². The summed E-state index contributed by atoms with van der Waals surface area (Å²) < 4.78 is 0. The Morgan fingerprint density at radius 1 is 1.32 bits per heavy atom. The molecule has 1 aliphatic carbocycles. The maximum Gasteiger partial charge on any atom is 0.242 e. The van der Waals surface area contributed by atoms with E-state index in [1.165, 1.54) is 4.90 Å². The summed E-state index contributed by atoms with van der Waals surface area (Å²) in [6.45, 7) is 4.76. The third kappa shape index (κ3) is 4.15. The Labute approximate surface area is 138 Å². The van der Waals surface area contributed by atoms with E-state index < -0.39 is 0 Å². The summed E-state index contributed by atoms with van der Waals surface area (Å²) in [6, 6.07) is 0. The zero-order valence-electron chi connectivity index (χ0n) is 13.8. The van der Waals surface area contributed by atoms with Gasteiger partial charge in [0.25, 0.3) is 0 Å². The number of carbonyl (C=O) groups excluding carboxylic acids is 3. The van der Waals surface area contributed by atoms with Gasteiger partial charge < -0.3 is 4.79 Å². The Balaban J connectivity index is 1.87. The average molecular weight is 323 g/mol. The predicted octanol–water partition coefficient (Wildman–Crippen LogP) is 1.61. The Kier molecular flexibility index (Phi) is 6.13. The molecule has 0 aromatic carbocycles. The zero-order chi connectivity index (χ0) is 16.3. The van der Waals surface area contributed by atoms with Gasteiger partial charge in [0.1, 0.15) is 0 Å². The van der Waals surface area contributed by atoms with Crippen molar-refractivity contribution in [2.45, 2.75) is 62.9 Å². The first-order chi connectivity index (χ1) is 10.4. The van der Waals surface area contributed by atoms with E-state index in [2.05, 4.69) is 13.8 Å². The van der Waals surface area contributed by atoms with Gasteiger partial charge in [0, 0.05) is 24.1 Å². The lowest BCUT2D eigenvalue weighted by Crippen LogP contribution is -2.37. The third-order valence-electron chi connectivity index (χ3n) is 5.04. The van der Waals surface area contributed by atoms with E-state index in [0.29, 0.717) is 24.1 Å². The molecule has 2 amide bonds. The van der Waals surface area contributed by atoms with Gasteiger partial charge in [-0.1, -0.05) is 13.8 Å². The fourth-order valence-electron chi connectivity index (χ4n) is 3.34. The lowest BCUT2D eigenvalue weighted by Gasteiger charge is -2.29. The maximum absolute atomic E-state index is 12.4.